The lowest BCUT2D eigenvalue weighted by Gasteiger charge is -2.34. The Labute approximate surface area is 258 Å². The van der Waals surface area contributed by atoms with E-state index in [0.29, 0.717) is 48.2 Å². The molecule has 4 aliphatic heterocycles. The number of phenols is 1. The van der Waals surface area contributed by atoms with Gasteiger partial charge in [0, 0.05) is 43.5 Å². The quantitative estimate of drug-likeness (QED) is 0.255. The van der Waals surface area contributed by atoms with Crippen molar-refractivity contribution in [1.82, 2.24) is 20.2 Å². The van der Waals surface area contributed by atoms with E-state index in [1.165, 1.54) is 30.3 Å². The number of halogens is 4. The number of piperazine rings is 1. The molecule has 3 aromatic carbocycles. The van der Waals surface area contributed by atoms with Crippen molar-refractivity contribution in [2.75, 3.05) is 37.7 Å². The molecule has 2 N–H and O–H groups in total. The van der Waals surface area contributed by atoms with Gasteiger partial charge in [-0.25, -0.2) is 17.6 Å². The second kappa shape index (κ2) is 10.7. The van der Waals surface area contributed by atoms with Crippen LogP contribution in [0.5, 0.6) is 11.8 Å². The van der Waals surface area contributed by atoms with E-state index < -0.39 is 34.7 Å². The Morgan fingerprint density at radius 1 is 1.04 bits per heavy atom. The molecule has 1 aromatic heterocycles. The third-order valence-corrected chi connectivity index (χ3v) is 10.4. The molecule has 2 bridgehead atoms. The second-order valence-corrected chi connectivity index (χ2v) is 13.2. The van der Waals surface area contributed by atoms with Gasteiger partial charge in [-0.05, 0) is 84.8 Å². The van der Waals surface area contributed by atoms with Crippen LogP contribution in [0.1, 0.15) is 44.6 Å². The van der Waals surface area contributed by atoms with Crippen LogP contribution < -0.4 is 15.0 Å². The molecular weight excluding hydrogens is 586 g/mol. The van der Waals surface area contributed by atoms with Crippen LogP contribution in [0, 0.1) is 17.5 Å². The Balaban J connectivity index is 1.30. The minimum atomic E-state index is -0.944. The van der Waals surface area contributed by atoms with Crippen LogP contribution in [0.25, 0.3) is 32.8 Å². The summed E-state index contributed by atoms with van der Waals surface area (Å²) >= 11 is 0. The first-order valence-electron chi connectivity index (χ1n) is 15.9. The molecule has 8 rings (SSSR count). The van der Waals surface area contributed by atoms with E-state index in [9.17, 15) is 13.9 Å². The summed E-state index contributed by atoms with van der Waals surface area (Å²) in [5, 5.41) is 15.1. The molecular formula is C34H35F4N5O2. The van der Waals surface area contributed by atoms with E-state index in [-0.39, 0.29) is 53.3 Å². The van der Waals surface area contributed by atoms with Crippen molar-refractivity contribution in [1.29, 1.82) is 0 Å². The minimum Gasteiger partial charge on any atom is -0.508 e. The summed E-state index contributed by atoms with van der Waals surface area (Å²) in [4.78, 5) is 13.4. The van der Waals surface area contributed by atoms with Crippen LogP contribution in [-0.2, 0) is 6.42 Å². The summed E-state index contributed by atoms with van der Waals surface area (Å²) < 4.78 is 68.7. The lowest BCUT2D eigenvalue weighted by Crippen LogP contribution is -2.51. The van der Waals surface area contributed by atoms with Crippen LogP contribution in [0.15, 0.2) is 30.3 Å². The largest absolute Gasteiger partial charge is 0.508 e. The Hall–Kier alpha value is -3.70. The molecule has 0 unspecified atom stereocenters. The fourth-order valence-electron chi connectivity index (χ4n) is 8.37. The summed E-state index contributed by atoms with van der Waals surface area (Å²) in [5.41, 5.74) is -0.649. The standard InChI is InChI=1S/C34H35F4N5O2/c1-2-23-26(36)7-4-18-10-22(44)11-24(28(18)23)29-27(37)12-25-31(30(29)38)40-33(41-32(25)42-15-20-5-6-21(16-42)39-20)45-17-34-8-3-9-43(34)14-19(35)13-34/h4,7,10-12,19-21,39,44H,2-3,5-6,8-9,13-17H2,1H3/t19-,20-,21+,34+/m1/s1. The maximum atomic E-state index is 16.9. The van der Waals surface area contributed by atoms with Crippen LogP contribution in [0.2, 0.25) is 0 Å². The number of rotatable bonds is 6. The van der Waals surface area contributed by atoms with Crippen molar-refractivity contribution in [3.63, 3.8) is 0 Å². The van der Waals surface area contributed by atoms with Gasteiger partial charge in [0.15, 0.2) is 5.82 Å². The number of benzene rings is 3. The maximum absolute atomic E-state index is 16.9. The molecule has 4 aliphatic rings. The average Bonchev–Trinajstić information content (AvgIpc) is 3.66. The van der Waals surface area contributed by atoms with Gasteiger partial charge in [-0.1, -0.05) is 13.0 Å². The van der Waals surface area contributed by atoms with Crippen molar-refractivity contribution < 1.29 is 27.4 Å². The molecule has 0 aliphatic carbocycles. The average molecular weight is 622 g/mol. The zero-order valence-electron chi connectivity index (χ0n) is 25.1. The first-order chi connectivity index (χ1) is 21.7. The van der Waals surface area contributed by atoms with Crippen LogP contribution >= 0.6 is 0 Å². The van der Waals surface area contributed by atoms with E-state index in [4.69, 9.17) is 9.72 Å². The molecule has 4 atom stereocenters. The normalized spacial score (nSPS) is 26.3. The van der Waals surface area contributed by atoms with Crippen molar-refractivity contribution in [3.8, 4) is 22.9 Å². The van der Waals surface area contributed by atoms with Crippen molar-refractivity contribution >= 4 is 27.5 Å². The molecule has 45 heavy (non-hydrogen) atoms. The topological polar surface area (TPSA) is 73.8 Å². The van der Waals surface area contributed by atoms with E-state index in [1.54, 1.807) is 6.92 Å². The number of alkyl halides is 1. The van der Waals surface area contributed by atoms with Gasteiger partial charge in [0.05, 0.1) is 11.1 Å². The molecule has 0 spiro atoms. The molecule has 0 saturated carbocycles. The zero-order chi connectivity index (χ0) is 31.0. The number of hydrogen-bond donors (Lipinski definition) is 2. The van der Waals surface area contributed by atoms with Gasteiger partial charge < -0.3 is 20.1 Å². The monoisotopic (exact) mass is 621 g/mol. The highest BCUT2D eigenvalue weighted by molar-refractivity contribution is 6.03. The first kappa shape index (κ1) is 28.8. The second-order valence-electron chi connectivity index (χ2n) is 13.2. The number of aromatic nitrogens is 2. The predicted octanol–water partition coefficient (Wildman–Crippen LogP) is 6.03. The van der Waals surface area contributed by atoms with Gasteiger partial charge >= 0.3 is 6.01 Å². The van der Waals surface area contributed by atoms with Crippen molar-refractivity contribution in [2.24, 2.45) is 0 Å². The highest BCUT2D eigenvalue weighted by Gasteiger charge is 2.49. The third kappa shape index (κ3) is 4.69. The third-order valence-electron chi connectivity index (χ3n) is 10.4. The van der Waals surface area contributed by atoms with E-state index >= 15 is 8.78 Å². The molecule has 7 nitrogen and oxygen atoms in total. The number of hydrogen-bond acceptors (Lipinski definition) is 7. The molecule has 4 fully saturated rings. The molecule has 0 amide bonds. The molecule has 236 valence electrons. The number of aryl methyl sites for hydroxylation is 1. The lowest BCUT2D eigenvalue weighted by molar-refractivity contribution is 0.107. The van der Waals surface area contributed by atoms with Crippen LogP contribution in [-0.4, -0.2) is 76.6 Å². The summed E-state index contributed by atoms with van der Waals surface area (Å²) in [6.07, 6.45) is 3.45. The van der Waals surface area contributed by atoms with Gasteiger partial charge in [-0.15, -0.1) is 0 Å². The van der Waals surface area contributed by atoms with Gasteiger partial charge in [0.2, 0.25) is 0 Å². The van der Waals surface area contributed by atoms with E-state index in [1.807, 2.05) is 4.90 Å². The van der Waals surface area contributed by atoms with Gasteiger partial charge in [0.1, 0.15) is 41.5 Å². The first-order valence-corrected chi connectivity index (χ1v) is 15.9. The molecule has 11 heteroatoms. The van der Waals surface area contributed by atoms with Gasteiger partial charge in [-0.3, -0.25) is 4.90 Å². The summed E-state index contributed by atoms with van der Waals surface area (Å²) in [6, 6.07) is 7.16. The molecule has 0 radical (unpaired) electrons. The maximum Gasteiger partial charge on any atom is 0.319 e. The summed E-state index contributed by atoms with van der Waals surface area (Å²) in [6.45, 7) is 4.33. The lowest BCUT2D eigenvalue weighted by atomic mass is 9.91. The number of fused-ring (bicyclic) bond motifs is 5. The van der Waals surface area contributed by atoms with Gasteiger partial charge in [0.25, 0.3) is 0 Å². The Kier molecular flexibility index (Phi) is 6.83. The molecule has 4 aromatic rings. The number of nitrogens with zero attached hydrogens (tertiary/aromatic N) is 4. The summed E-state index contributed by atoms with van der Waals surface area (Å²) in [5.74, 6) is -2.11. The number of aromatic hydroxyl groups is 1. The SMILES string of the molecule is CCc1c(F)ccc2cc(O)cc(-c3c(F)cc4c(N5C[C@H]6CC[C@@H](C5)N6)nc(OC[C@@]56CCCN5C[C@H](F)C6)nc4c3F)c12. The highest BCUT2D eigenvalue weighted by atomic mass is 19.1. The molecule has 5 heterocycles. The highest BCUT2D eigenvalue weighted by Crippen LogP contribution is 2.43. The van der Waals surface area contributed by atoms with E-state index in [0.717, 1.165) is 32.2 Å². The van der Waals surface area contributed by atoms with Crippen molar-refractivity contribution in [3.05, 3.63) is 53.3 Å². The zero-order valence-corrected chi connectivity index (χ0v) is 25.1. The van der Waals surface area contributed by atoms with E-state index in [2.05, 4.69) is 15.2 Å². The Morgan fingerprint density at radius 2 is 1.84 bits per heavy atom. The summed E-state index contributed by atoms with van der Waals surface area (Å²) in [7, 11) is 0. The van der Waals surface area contributed by atoms with Crippen molar-refractivity contribution in [2.45, 2.75) is 69.2 Å². The number of phenolic OH excluding ortho intramolecular Hbond substituents is 1. The Morgan fingerprint density at radius 3 is 2.62 bits per heavy atom. The number of nitrogens with one attached hydrogen (secondary N) is 1. The fraction of sp³-hybridized carbons (Fsp3) is 0.471. The van der Waals surface area contributed by atoms with Crippen LogP contribution in [0.3, 0.4) is 0 Å². The molecule has 4 saturated heterocycles. The minimum absolute atomic E-state index is 0.0431. The number of ether oxygens (including phenoxy) is 1. The Bertz CT molecular complexity index is 1830. The predicted molar refractivity (Wildman–Crippen MR) is 164 cm³/mol. The fourth-order valence-corrected chi connectivity index (χ4v) is 8.37. The smallest absolute Gasteiger partial charge is 0.319 e. The number of anilines is 1. The van der Waals surface area contributed by atoms with Gasteiger partial charge in [-0.2, -0.15) is 9.97 Å². The van der Waals surface area contributed by atoms with Crippen LogP contribution in [0.4, 0.5) is 23.4 Å².